The second kappa shape index (κ2) is 7.40. The van der Waals surface area contributed by atoms with E-state index in [0.717, 1.165) is 42.9 Å². The van der Waals surface area contributed by atoms with Crippen LogP contribution in [0.4, 0.5) is 0 Å². The van der Waals surface area contributed by atoms with Crippen LogP contribution in [0.15, 0.2) is 54.4 Å². The van der Waals surface area contributed by atoms with Crippen molar-refractivity contribution in [1.29, 1.82) is 0 Å². The Balaban J connectivity index is 1.61. The van der Waals surface area contributed by atoms with Crippen LogP contribution in [0.3, 0.4) is 0 Å². The molecule has 28 heavy (non-hydrogen) atoms. The number of nitrogens with zero attached hydrogens (tertiary/aromatic N) is 2. The maximum absolute atomic E-state index is 12.4. The molecule has 1 aromatic heterocycles. The first-order valence-corrected chi connectivity index (χ1v) is 9.73. The van der Waals surface area contributed by atoms with Crippen molar-refractivity contribution in [1.82, 2.24) is 9.88 Å². The fourth-order valence-electron chi connectivity index (χ4n) is 4.64. The van der Waals surface area contributed by atoms with E-state index in [1.165, 1.54) is 5.56 Å². The number of hydrogen-bond donors (Lipinski definition) is 0. The normalized spacial score (nSPS) is 24.4. The van der Waals surface area contributed by atoms with Gasteiger partial charge in [0.05, 0.1) is 7.11 Å². The minimum absolute atomic E-state index is 0.0483. The molecule has 1 fully saturated rings. The zero-order valence-corrected chi connectivity index (χ0v) is 16.6. The smallest absolute Gasteiger partial charge is 0.361 e. The monoisotopic (exact) mass is 378 g/mol. The van der Waals surface area contributed by atoms with Crippen LogP contribution in [0.25, 0.3) is 0 Å². The van der Waals surface area contributed by atoms with Crippen LogP contribution < -0.4 is 4.74 Å². The van der Waals surface area contributed by atoms with E-state index in [1.54, 1.807) is 31.5 Å². The second-order valence-corrected chi connectivity index (χ2v) is 7.75. The van der Waals surface area contributed by atoms with Gasteiger partial charge in [-0.1, -0.05) is 18.2 Å². The number of esters is 1. The van der Waals surface area contributed by atoms with Gasteiger partial charge in [-0.2, -0.15) is 0 Å². The molecule has 146 valence electrons. The fourth-order valence-corrected chi connectivity index (χ4v) is 4.64. The maximum Gasteiger partial charge on any atom is 0.361 e. The summed E-state index contributed by atoms with van der Waals surface area (Å²) in [5, 5.41) is 0. The number of rotatable bonds is 4. The molecule has 0 unspecified atom stereocenters. The molecule has 2 aliphatic rings. The number of hydrogen-bond acceptors (Lipinski definition) is 5. The third-order valence-electron chi connectivity index (χ3n) is 6.18. The van der Waals surface area contributed by atoms with Crippen molar-refractivity contribution < 1.29 is 14.3 Å². The van der Waals surface area contributed by atoms with E-state index in [2.05, 4.69) is 48.1 Å². The zero-order chi connectivity index (χ0) is 19.7. The summed E-state index contributed by atoms with van der Waals surface area (Å²) in [5.41, 5.74) is 2.88. The summed E-state index contributed by atoms with van der Waals surface area (Å²) >= 11 is 0. The molecule has 4 rings (SSSR count). The average Bonchev–Trinajstić information content (AvgIpc) is 3.06. The number of methoxy groups -OCH3 is 1. The number of fused-ring (bicyclic) bond motifs is 1. The van der Waals surface area contributed by atoms with Crippen molar-refractivity contribution in [3.8, 4) is 5.75 Å². The number of carbonyl (C=O) groups excluding carboxylic acids is 1. The highest BCUT2D eigenvalue weighted by molar-refractivity contribution is 5.87. The van der Waals surface area contributed by atoms with Gasteiger partial charge >= 0.3 is 5.97 Å². The summed E-state index contributed by atoms with van der Waals surface area (Å²) < 4.78 is 11.1. The Labute approximate surface area is 166 Å². The zero-order valence-electron chi connectivity index (χ0n) is 16.6. The van der Waals surface area contributed by atoms with Gasteiger partial charge in [-0.05, 0) is 68.8 Å². The van der Waals surface area contributed by atoms with Crippen molar-refractivity contribution in [2.45, 2.75) is 37.6 Å². The first kappa shape index (κ1) is 18.7. The van der Waals surface area contributed by atoms with Crippen LogP contribution in [0.2, 0.25) is 0 Å². The largest absolute Gasteiger partial charge is 0.496 e. The SMILES string of the molecule is COc1ccc([C@@]23CCC(OC(=O)c4ccccn4)=C[C@@H]2N(C)CC3)cc1C. The van der Waals surface area contributed by atoms with Crippen LogP contribution in [-0.2, 0) is 10.2 Å². The molecule has 2 aromatic rings. The van der Waals surface area contributed by atoms with Crippen LogP contribution in [0.5, 0.6) is 5.75 Å². The predicted molar refractivity (Wildman–Crippen MR) is 107 cm³/mol. The van der Waals surface area contributed by atoms with E-state index in [9.17, 15) is 4.79 Å². The van der Waals surface area contributed by atoms with Crippen molar-refractivity contribution in [2.24, 2.45) is 0 Å². The Morgan fingerprint density at radius 3 is 2.82 bits per heavy atom. The number of likely N-dealkylation sites (tertiary alicyclic amines) is 1. The highest BCUT2D eigenvalue weighted by Crippen LogP contribution is 2.48. The number of ether oxygens (including phenoxy) is 2. The van der Waals surface area contributed by atoms with Gasteiger partial charge in [-0.25, -0.2) is 9.78 Å². The Kier molecular flexibility index (Phi) is 4.94. The van der Waals surface area contributed by atoms with E-state index in [-0.39, 0.29) is 17.4 Å². The van der Waals surface area contributed by atoms with Crippen molar-refractivity contribution in [3.63, 3.8) is 0 Å². The molecule has 0 N–H and O–H groups in total. The van der Waals surface area contributed by atoms with Crippen molar-refractivity contribution in [3.05, 3.63) is 71.3 Å². The molecule has 0 bridgehead atoms. The Hall–Kier alpha value is -2.66. The minimum atomic E-state index is -0.389. The maximum atomic E-state index is 12.4. The summed E-state index contributed by atoms with van der Waals surface area (Å²) in [6.45, 7) is 3.11. The van der Waals surface area contributed by atoms with E-state index >= 15 is 0 Å². The van der Waals surface area contributed by atoms with Gasteiger partial charge in [0.1, 0.15) is 17.2 Å². The molecule has 1 aromatic carbocycles. The van der Waals surface area contributed by atoms with Gasteiger partial charge in [0.2, 0.25) is 0 Å². The summed E-state index contributed by atoms with van der Waals surface area (Å²) in [4.78, 5) is 18.8. The van der Waals surface area contributed by atoms with Crippen molar-refractivity contribution >= 4 is 5.97 Å². The minimum Gasteiger partial charge on any atom is -0.496 e. The van der Waals surface area contributed by atoms with E-state index < -0.39 is 0 Å². The molecule has 1 aliphatic carbocycles. The lowest BCUT2D eigenvalue weighted by molar-refractivity contribution is 0.0586. The van der Waals surface area contributed by atoms with Crippen LogP contribution in [-0.4, -0.2) is 42.6 Å². The number of carbonyl (C=O) groups is 1. The van der Waals surface area contributed by atoms with Crippen molar-refractivity contribution in [2.75, 3.05) is 20.7 Å². The van der Waals surface area contributed by atoms with Gasteiger partial charge in [0.25, 0.3) is 0 Å². The molecule has 0 saturated carbocycles. The second-order valence-electron chi connectivity index (χ2n) is 7.75. The topological polar surface area (TPSA) is 51.7 Å². The van der Waals surface area contributed by atoms with E-state index in [4.69, 9.17) is 9.47 Å². The number of aromatic nitrogens is 1. The van der Waals surface area contributed by atoms with Gasteiger partial charge in [0.15, 0.2) is 0 Å². The number of aryl methyl sites for hydroxylation is 1. The van der Waals surface area contributed by atoms with Crippen LogP contribution in [0, 0.1) is 6.92 Å². The summed E-state index contributed by atoms with van der Waals surface area (Å²) in [6.07, 6.45) is 6.53. The molecular formula is C23H26N2O3. The third-order valence-corrected chi connectivity index (χ3v) is 6.18. The summed E-state index contributed by atoms with van der Waals surface area (Å²) in [7, 11) is 3.85. The molecule has 2 heterocycles. The molecular weight excluding hydrogens is 352 g/mol. The highest BCUT2D eigenvalue weighted by atomic mass is 16.5. The number of likely N-dealkylation sites (N-methyl/N-ethyl adjacent to an activating group) is 1. The Bertz CT molecular complexity index is 909. The Morgan fingerprint density at radius 2 is 2.11 bits per heavy atom. The molecule has 2 atom stereocenters. The highest BCUT2D eigenvalue weighted by Gasteiger charge is 2.48. The summed E-state index contributed by atoms with van der Waals surface area (Å²) in [6, 6.07) is 12.0. The lowest BCUT2D eigenvalue weighted by Crippen LogP contribution is -2.42. The average molecular weight is 378 g/mol. The molecule has 1 saturated heterocycles. The van der Waals surface area contributed by atoms with Gasteiger partial charge in [0, 0.05) is 24.1 Å². The fraction of sp³-hybridized carbons (Fsp3) is 0.391. The molecule has 5 nitrogen and oxygen atoms in total. The van der Waals surface area contributed by atoms with Gasteiger partial charge in [-0.3, -0.25) is 4.90 Å². The lowest BCUT2D eigenvalue weighted by atomic mass is 9.68. The van der Waals surface area contributed by atoms with E-state index in [0.29, 0.717) is 5.69 Å². The molecule has 0 amide bonds. The number of allylic oxidation sites excluding steroid dienone is 1. The molecule has 5 heteroatoms. The quantitative estimate of drug-likeness (QED) is 0.756. The predicted octanol–water partition coefficient (Wildman–Crippen LogP) is 3.88. The summed E-state index contributed by atoms with van der Waals surface area (Å²) in [5.74, 6) is 1.27. The van der Waals surface area contributed by atoms with Crippen LogP contribution >= 0.6 is 0 Å². The lowest BCUT2D eigenvalue weighted by Gasteiger charge is -2.40. The number of benzene rings is 1. The molecule has 0 radical (unpaired) electrons. The molecule has 0 spiro atoms. The van der Waals surface area contributed by atoms with Crippen LogP contribution in [0.1, 0.15) is 40.9 Å². The standard InChI is InChI=1S/C23H26N2O3/c1-16-14-17(7-8-20(16)27-3)23-10-9-18(15-21(23)25(2)13-11-23)28-22(26)19-6-4-5-12-24-19/h4-8,12,14-15,21H,9-11,13H2,1-3H3/t21-,23-/m0/s1. The molecule has 1 aliphatic heterocycles. The van der Waals surface area contributed by atoms with E-state index in [1.807, 2.05) is 0 Å². The van der Waals surface area contributed by atoms with Gasteiger partial charge < -0.3 is 9.47 Å². The Morgan fingerprint density at radius 1 is 1.25 bits per heavy atom. The van der Waals surface area contributed by atoms with Gasteiger partial charge in [-0.15, -0.1) is 0 Å². The number of pyridine rings is 1. The third kappa shape index (κ3) is 3.20. The first-order valence-electron chi connectivity index (χ1n) is 9.73. The first-order chi connectivity index (χ1) is 13.5.